The molecule has 0 unspecified atom stereocenters. The molecule has 154 valence electrons. The van der Waals surface area contributed by atoms with E-state index in [-0.39, 0.29) is 17.0 Å². The lowest BCUT2D eigenvalue weighted by molar-refractivity contribution is -0.307. The van der Waals surface area contributed by atoms with Gasteiger partial charge in [0.05, 0.1) is 18.3 Å². The van der Waals surface area contributed by atoms with E-state index in [0.29, 0.717) is 17.9 Å². The fourth-order valence-electron chi connectivity index (χ4n) is 2.72. The van der Waals surface area contributed by atoms with Crippen LogP contribution in [0.15, 0.2) is 54.1 Å². The molecule has 1 fully saturated rings. The topological polar surface area (TPSA) is 125 Å². The van der Waals surface area contributed by atoms with Gasteiger partial charge in [0.15, 0.2) is 0 Å². The average molecular weight is 409 g/mol. The van der Waals surface area contributed by atoms with E-state index in [1.165, 1.54) is 30.3 Å². The molecule has 1 N–H and O–H groups in total. The SMILES string of the molecule is CCOc1ccc(N2C(=O)NC(=O)/C(=C\c3ccc(OCC(=O)[O-])cc3)C2=O)cc1. The van der Waals surface area contributed by atoms with Crippen LogP contribution >= 0.6 is 0 Å². The Labute approximate surface area is 171 Å². The molecular formula is C21H17N2O7-. The first kappa shape index (κ1) is 20.6. The van der Waals surface area contributed by atoms with Crippen LogP contribution in [0, 0.1) is 0 Å². The van der Waals surface area contributed by atoms with Crippen molar-refractivity contribution in [2.45, 2.75) is 6.92 Å². The number of hydrogen-bond acceptors (Lipinski definition) is 7. The minimum atomic E-state index is -1.36. The molecule has 0 spiro atoms. The van der Waals surface area contributed by atoms with Gasteiger partial charge in [-0.05, 0) is 55.0 Å². The van der Waals surface area contributed by atoms with E-state index in [9.17, 15) is 24.3 Å². The monoisotopic (exact) mass is 409 g/mol. The average Bonchev–Trinajstić information content (AvgIpc) is 2.72. The number of carboxylic acid groups (broad SMARTS) is 1. The summed E-state index contributed by atoms with van der Waals surface area (Å²) < 4.78 is 10.3. The van der Waals surface area contributed by atoms with Crippen LogP contribution in [0.4, 0.5) is 10.5 Å². The molecule has 9 nitrogen and oxygen atoms in total. The summed E-state index contributed by atoms with van der Waals surface area (Å²) >= 11 is 0. The largest absolute Gasteiger partial charge is 0.546 e. The first-order valence-electron chi connectivity index (χ1n) is 8.96. The van der Waals surface area contributed by atoms with E-state index >= 15 is 0 Å². The van der Waals surface area contributed by atoms with E-state index < -0.39 is 30.4 Å². The molecule has 1 aliphatic rings. The van der Waals surface area contributed by atoms with Crippen molar-refractivity contribution in [3.8, 4) is 11.5 Å². The van der Waals surface area contributed by atoms with Crippen LogP contribution in [0.3, 0.4) is 0 Å². The number of rotatable bonds is 7. The Balaban J connectivity index is 1.83. The number of amides is 4. The predicted octanol–water partition coefficient (Wildman–Crippen LogP) is 0.880. The zero-order valence-electron chi connectivity index (χ0n) is 15.9. The predicted molar refractivity (Wildman–Crippen MR) is 104 cm³/mol. The van der Waals surface area contributed by atoms with Crippen molar-refractivity contribution in [3.63, 3.8) is 0 Å². The van der Waals surface area contributed by atoms with Gasteiger partial charge in [0.1, 0.15) is 23.7 Å². The molecule has 0 saturated carbocycles. The fourth-order valence-corrected chi connectivity index (χ4v) is 2.72. The van der Waals surface area contributed by atoms with Gasteiger partial charge in [0.2, 0.25) is 0 Å². The molecule has 1 heterocycles. The van der Waals surface area contributed by atoms with Gasteiger partial charge in [0.25, 0.3) is 11.8 Å². The number of carbonyl (C=O) groups excluding carboxylic acids is 4. The van der Waals surface area contributed by atoms with Crippen LogP contribution in [0.2, 0.25) is 0 Å². The Morgan fingerprint density at radius 1 is 1.00 bits per heavy atom. The Hall–Kier alpha value is -4.14. The minimum Gasteiger partial charge on any atom is -0.546 e. The van der Waals surface area contributed by atoms with Crippen molar-refractivity contribution >= 4 is 35.6 Å². The molecule has 0 radical (unpaired) electrons. The van der Waals surface area contributed by atoms with Crippen LogP contribution in [0.5, 0.6) is 11.5 Å². The maximum Gasteiger partial charge on any atom is 0.335 e. The van der Waals surface area contributed by atoms with E-state index in [0.717, 1.165) is 4.90 Å². The molecular weight excluding hydrogens is 392 g/mol. The highest BCUT2D eigenvalue weighted by Crippen LogP contribution is 2.24. The van der Waals surface area contributed by atoms with Crippen molar-refractivity contribution in [2.24, 2.45) is 0 Å². The minimum absolute atomic E-state index is 0.230. The van der Waals surface area contributed by atoms with Crippen LogP contribution in [-0.2, 0) is 14.4 Å². The molecule has 2 aromatic rings. The Bertz CT molecular complexity index is 1010. The summed E-state index contributed by atoms with van der Waals surface area (Å²) in [6, 6.07) is 11.5. The third-order valence-corrected chi connectivity index (χ3v) is 4.06. The summed E-state index contributed by atoms with van der Waals surface area (Å²) in [6.07, 6.45) is 1.33. The molecule has 0 aromatic heterocycles. The first-order chi connectivity index (χ1) is 14.4. The van der Waals surface area contributed by atoms with E-state index in [4.69, 9.17) is 9.47 Å². The number of nitrogens with one attached hydrogen (secondary N) is 1. The normalized spacial score (nSPS) is 15.2. The number of carboxylic acids is 1. The summed E-state index contributed by atoms with van der Waals surface area (Å²) in [5.41, 5.74) is 0.535. The second-order valence-electron chi connectivity index (χ2n) is 6.11. The number of nitrogens with zero attached hydrogens (tertiary/aromatic N) is 1. The summed E-state index contributed by atoms with van der Waals surface area (Å²) in [5, 5.41) is 12.6. The number of aliphatic carboxylic acids is 1. The van der Waals surface area contributed by atoms with Gasteiger partial charge >= 0.3 is 6.03 Å². The number of urea groups is 1. The number of hydrogen-bond donors (Lipinski definition) is 1. The molecule has 1 aliphatic heterocycles. The van der Waals surface area contributed by atoms with Gasteiger partial charge in [-0.15, -0.1) is 0 Å². The zero-order chi connectivity index (χ0) is 21.7. The second-order valence-corrected chi connectivity index (χ2v) is 6.11. The number of ether oxygens (including phenoxy) is 2. The van der Waals surface area contributed by atoms with Crippen molar-refractivity contribution in [1.82, 2.24) is 5.32 Å². The third-order valence-electron chi connectivity index (χ3n) is 4.06. The third kappa shape index (κ3) is 4.64. The van der Waals surface area contributed by atoms with Gasteiger partial charge in [-0.2, -0.15) is 0 Å². The summed E-state index contributed by atoms with van der Waals surface area (Å²) in [5.74, 6) is -2.08. The van der Waals surface area contributed by atoms with E-state index in [2.05, 4.69) is 5.32 Å². The first-order valence-corrected chi connectivity index (χ1v) is 8.96. The lowest BCUT2D eigenvalue weighted by Crippen LogP contribution is -2.54. The van der Waals surface area contributed by atoms with Crippen LogP contribution in [0.1, 0.15) is 12.5 Å². The molecule has 0 aliphatic carbocycles. The van der Waals surface area contributed by atoms with Crippen molar-refractivity contribution < 1.29 is 33.8 Å². The second kappa shape index (κ2) is 8.91. The maximum atomic E-state index is 12.9. The summed E-state index contributed by atoms with van der Waals surface area (Å²) in [6.45, 7) is 1.71. The molecule has 3 rings (SSSR count). The van der Waals surface area contributed by atoms with Crippen molar-refractivity contribution in [2.75, 3.05) is 18.1 Å². The number of barbiturate groups is 1. The van der Waals surface area contributed by atoms with Crippen molar-refractivity contribution in [3.05, 3.63) is 59.7 Å². The molecule has 0 bridgehead atoms. The Morgan fingerprint density at radius 3 is 2.20 bits per heavy atom. The Morgan fingerprint density at radius 2 is 1.60 bits per heavy atom. The quantitative estimate of drug-likeness (QED) is 0.532. The molecule has 4 amide bonds. The van der Waals surface area contributed by atoms with Gasteiger partial charge in [-0.3, -0.25) is 14.9 Å². The highest BCUT2D eigenvalue weighted by atomic mass is 16.5. The highest BCUT2D eigenvalue weighted by molar-refractivity contribution is 6.39. The van der Waals surface area contributed by atoms with Gasteiger partial charge in [-0.25, -0.2) is 9.69 Å². The molecule has 1 saturated heterocycles. The highest BCUT2D eigenvalue weighted by Gasteiger charge is 2.36. The number of anilines is 1. The smallest absolute Gasteiger partial charge is 0.335 e. The van der Waals surface area contributed by atoms with Gasteiger partial charge in [-0.1, -0.05) is 12.1 Å². The Kier molecular flexibility index (Phi) is 6.11. The molecule has 0 atom stereocenters. The van der Waals surface area contributed by atoms with Gasteiger partial charge < -0.3 is 19.4 Å². The van der Waals surface area contributed by atoms with Crippen LogP contribution in [-0.4, -0.2) is 37.0 Å². The summed E-state index contributed by atoms with van der Waals surface area (Å²) in [4.78, 5) is 48.6. The number of carbonyl (C=O) groups is 4. The summed E-state index contributed by atoms with van der Waals surface area (Å²) in [7, 11) is 0. The lowest BCUT2D eigenvalue weighted by atomic mass is 10.1. The van der Waals surface area contributed by atoms with Gasteiger partial charge in [0, 0.05) is 0 Å². The zero-order valence-corrected chi connectivity index (χ0v) is 15.9. The van der Waals surface area contributed by atoms with E-state index in [1.54, 1.807) is 24.3 Å². The molecule has 2 aromatic carbocycles. The van der Waals surface area contributed by atoms with Crippen LogP contribution < -0.4 is 24.8 Å². The van der Waals surface area contributed by atoms with Crippen molar-refractivity contribution in [1.29, 1.82) is 0 Å². The molecule has 9 heteroatoms. The maximum absolute atomic E-state index is 12.9. The number of benzene rings is 2. The lowest BCUT2D eigenvalue weighted by Gasteiger charge is -2.26. The number of imide groups is 2. The van der Waals surface area contributed by atoms with E-state index in [1.807, 2.05) is 6.92 Å². The standard InChI is InChI=1S/C21H18N2O7/c1-2-29-15-9-5-14(6-10-15)23-20(27)17(19(26)22-21(23)28)11-13-3-7-16(8-4-13)30-12-18(24)25/h3-11H,2,12H2,1H3,(H,24,25)(H,22,26,28)/p-1/b17-11+. The fraction of sp³-hybridized carbons (Fsp3) is 0.143. The molecule has 30 heavy (non-hydrogen) atoms. The van der Waals surface area contributed by atoms with Crippen LogP contribution in [0.25, 0.3) is 6.08 Å².